The predicted molar refractivity (Wildman–Crippen MR) is 101 cm³/mol. The van der Waals surface area contributed by atoms with Gasteiger partial charge in [-0.15, -0.1) is 0 Å². The van der Waals surface area contributed by atoms with Gasteiger partial charge in [-0.1, -0.05) is 29.8 Å². The summed E-state index contributed by atoms with van der Waals surface area (Å²) >= 11 is 0. The molecule has 1 atom stereocenters. The lowest BCUT2D eigenvalue weighted by atomic mass is 10.00. The van der Waals surface area contributed by atoms with Crippen LogP contribution in [0.3, 0.4) is 0 Å². The Morgan fingerprint density at radius 1 is 1.12 bits per heavy atom. The summed E-state index contributed by atoms with van der Waals surface area (Å²) in [5.74, 6) is -0.240. The molecule has 0 aliphatic heterocycles. The van der Waals surface area contributed by atoms with Crippen LogP contribution in [0.5, 0.6) is 0 Å². The van der Waals surface area contributed by atoms with Crippen LogP contribution in [0, 0.1) is 13.8 Å². The minimum Gasteiger partial charge on any atom is -0.346 e. The lowest BCUT2D eigenvalue weighted by Crippen LogP contribution is -2.28. The Morgan fingerprint density at radius 2 is 1.80 bits per heavy atom. The van der Waals surface area contributed by atoms with Crippen molar-refractivity contribution in [1.29, 1.82) is 0 Å². The molecule has 0 aliphatic carbocycles. The first-order valence-corrected chi connectivity index (χ1v) is 9.86. The van der Waals surface area contributed by atoms with Gasteiger partial charge < -0.3 is 5.32 Å². The lowest BCUT2D eigenvalue weighted by Gasteiger charge is -2.19. The molecule has 0 heterocycles. The van der Waals surface area contributed by atoms with Crippen molar-refractivity contribution < 1.29 is 13.2 Å². The van der Waals surface area contributed by atoms with E-state index in [1.165, 1.54) is 12.6 Å². The maximum Gasteiger partial charge on any atom is 0.251 e. The molecule has 0 aromatic heterocycles. The van der Waals surface area contributed by atoms with Crippen molar-refractivity contribution in [2.45, 2.75) is 26.8 Å². The van der Waals surface area contributed by atoms with Crippen molar-refractivity contribution in [3.05, 3.63) is 64.7 Å². The molecular formula is C19H24N2O3S. The largest absolute Gasteiger partial charge is 0.346 e. The molecule has 6 heteroatoms. The van der Waals surface area contributed by atoms with Gasteiger partial charge in [0.05, 0.1) is 18.0 Å². The van der Waals surface area contributed by atoms with E-state index >= 15 is 0 Å². The smallest absolute Gasteiger partial charge is 0.251 e. The Morgan fingerprint density at radius 3 is 2.40 bits per heavy atom. The number of nitrogens with one attached hydrogen (secondary N) is 1. The summed E-state index contributed by atoms with van der Waals surface area (Å²) < 4.78 is 24.5. The first-order chi connectivity index (χ1) is 11.6. The number of hydrogen-bond donors (Lipinski definition) is 1. The zero-order chi connectivity index (χ0) is 18.8. The molecule has 0 aliphatic rings. The average molecular weight is 360 g/mol. The van der Waals surface area contributed by atoms with Gasteiger partial charge in [-0.05, 0) is 50.1 Å². The molecule has 1 unspecified atom stereocenters. The van der Waals surface area contributed by atoms with Crippen molar-refractivity contribution in [1.82, 2.24) is 5.32 Å². The molecular weight excluding hydrogens is 336 g/mol. The van der Waals surface area contributed by atoms with E-state index < -0.39 is 10.0 Å². The Hall–Kier alpha value is -2.34. The van der Waals surface area contributed by atoms with Crippen LogP contribution in [0.4, 0.5) is 5.69 Å². The lowest BCUT2D eigenvalue weighted by molar-refractivity contribution is 0.0940. The van der Waals surface area contributed by atoms with Crippen molar-refractivity contribution >= 4 is 21.6 Å². The van der Waals surface area contributed by atoms with E-state index in [9.17, 15) is 13.2 Å². The average Bonchev–Trinajstić information content (AvgIpc) is 2.53. The van der Waals surface area contributed by atoms with Gasteiger partial charge in [-0.3, -0.25) is 9.10 Å². The van der Waals surface area contributed by atoms with Crippen LogP contribution in [0.15, 0.2) is 42.5 Å². The Kier molecular flexibility index (Phi) is 5.52. The normalized spacial score (nSPS) is 12.5. The van der Waals surface area contributed by atoms with E-state index in [1.54, 1.807) is 24.3 Å². The van der Waals surface area contributed by atoms with Crippen LogP contribution in [-0.4, -0.2) is 27.6 Å². The number of aryl methyl sites for hydroxylation is 2. The molecule has 0 bridgehead atoms. The summed E-state index contributed by atoms with van der Waals surface area (Å²) in [4.78, 5) is 12.6. The number of hydrogen-bond acceptors (Lipinski definition) is 3. The Bertz CT molecular complexity index is 891. The van der Waals surface area contributed by atoms with Crippen molar-refractivity contribution in [3.63, 3.8) is 0 Å². The molecule has 2 rings (SSSR count). The van der Waals surface area contributed by atoms with E-state index in [2.05, 4.69) is 11.4 Å². The number of benzene rings is 2. The van der Waals surface area contributed by atoms with Crippen LogP contribution >= 0.6 is 0 Å². The zero-order valence-electron chi connectivity index (χ0n) is 15.2. The van der Waals surface area contributed by atoms with E-state index in [1.807, 2.05) is 32.9 Å². The van der Waals surface area contributed by atoms with Crippen molar-refractivity contribution in [2.75, 3.05) is 17.6 Å². The van der Waals surface area contributed by atoms with E-state index in [0.29, 0.717) is 11.3 Å². The summed E-state index contributed by atoms with van der Waals surface area (Å²) in [6.07, 6.45) is 1.13. The summed E-state index contributed by atoms with van der Waals surface area (Å²) in [6, 6.07) is 12.5. The van der Waals surface area contributed by atoms with Crippen molar-refractivity contribution in [3.8, 4) is 0 Å². The third-order valence-corrected chi connectivity index (χ3v) is 5.41. The minimum atomic E-state index is -3.37. The molecule has 0 saturated carbocycles. The third-order valence-electron chi connectivity index (χ3n) is 4.21. The molecule has 25 heavy (non-hydrogen) atoms. The first kappa shape index (κ1) is 19.0. The number of carbonyl (C=O) groups excluding carboxylic acids is 1. The zero-order valence-corrected chi connectivity index (χ0v) is 16.0. The van der Waals surface area contributed by atoms with Crippen LogP contribution in [0.1, 0.15) is 40.0 Å². The molecule has 2 aromatic rings. The maximum atomic E-state index is 12.6. The molecule has 0 fully saturated rings. The van der Waals surface area contributed by atoms with Gasteiger partial charge in [0.25, 0.3) is 5.91 Å². The summed E-state index contributed by atoms with van der Waals surface area (Å²) in [7, 11) is -1.91. The highest BCUT2D eigenvalue weighted by Gasteiger charge is 2.16. The number of sulfonamides is 1. The van der Waals surface area contributed by atoms with E-state index in [4.69, 9.17) is 0 Å². The van der Waals surface area contributed by atoms with Gasteiger partial charge in [-0.25, -0.2) is 8.42 Å². The number of rotatable bonds is 5. The topological polar surface area (TPSA) is 66.5 Å². The quantitative estimate of drug-likeness (QED) is 0.890. The third kappa shape index (κ3) is 4.60. The molecule has 0 radical (unpaired) electrons. The first-order valence-electron chi connectivity index (χ1n) is 8.01. The van der Waals surface area contributed by atoms with Crippen molar-refractivity contribution in [2.24, 2.45) is 0 Å². The summed E-state index contributed by atoms with van der Waals surface area (Å²) in [5, 5.41) is 2.97. The monoisotopic (exact) mass is 360 g/mol. The highest BCUT2D eigenvalue weighted by atomic mass is 32.2. The van der Waals surface area contributed by atoms with E-state index in [0.717, 1.165) is 21.7 Å². The van der Waals surface area contributed by atoms with Gasteiger partial charge in [0, 0.05) is 12.6 Å². The standard InChI is InChI=1S/C19H24N2O3S/c1-13-9-10-18(14(2)11-13)15(3)20-19(22)16-7-6-8-17(12-16)21(4)25(5,23)24/h6-12,15H,1-5H3,(H,20,22). The highest BCUT2D eigenvalue weighted by molar-refractivity contribution is 7.92. The molecule has 1 amide bonds. The second-order valence-corrected chi connectivity index (χ2v) is 8.35. The summed E-state index contributed by atoms with van der Waals surface area (Å²) in [5.41, 5.74) is 4.23. The second-order valence-electron chi connectivity index (χ2n) is 6.34. The van der Waals surface area contributed by atoms with Gasteiger partial charge >= 0.3 is 0 Å². The van der Waals surface area contributed by atoms with Crippen LogP contribution in [0.25, 0.3) is 0 Å². The number of carbonyl (C=O) groups is 1. The molecule has 0 saturated heterocycles. The fourth-order valence-electron chi connectivity index (χ4n) is 2.70. The highest BCUT2D eigenvalue weighted by Crippen LogP contribution is 2.21. The molecule has 134 valence electrons. The number of anilines is 1. The Labute approximate surface area is 149 Å². The van der Waals surface area contributed by atoms with Crippen LogP contribution < -0.4 is 9.62 Å². The Balaban J connectivity index is 2.21. The SMILES string of the molecule is Cc1ccc(C(C)NC(=O)c2cccc(N(C)S(C)(=O)=O)c2)c(C)c1. The molecule has 1 N–H and O–H groups in total. The fraction of sp³-hybridized carbons (Fsp3) is 0.316. The number of nitrogens with zero attached hydrogens (tertiary/aromatic N) is 1. The van der Waals surface area contributed by atoms with Crippen LogP contribution in [-0.2, 0) is 10.0 Å². The number of amides is 1. The summed E-state index contributed by atoms with van der Waals surface area (Å²) in [6.45, 7) is 5.98. The fourth-order valence-corrected chi connectivity index (χ4v) is 3.20. The van der Waals surface area contributed by atoms with Gasteiger partial charge in [0.15, 0.2) is 0 Å². The second kappa shape index (κ2) is 7.27. The molecule has 2 aromatic carbocycles. The van der Waals surface area contributed by atoms with Gasteiger partial charge in [0.2, 0.25) is 10.0 Å². The van der Waals surface area contributed by atoms with Gasteiger partial charge in [-0.2, -0.15) is 0 Å². The molecule has 5 nitrogen and oxygen atoms in total. The molecule has 0 spiro atoms. The maximum absolute atomic E-state index is 12.6. The van der Waals surface area contributed by atoms with Gasteiger partial charge in [0.1, 0.15) is 0 Å². The van der Waals surface area contributed by atoms with E-state index in [-0.39, 0.29) is 11.9 Å². The minimum absolute atomic E-state index is 0.149. The van der Waals surface area contributed by atoms with Crippen LogP contribution in [0.2, 0.25) is 0 Å². The predicted octanol–water partition coefficient (Wildman–Crippen LogP) is 3.19.